The number of nitrogens with one attached hydrogen (secondary N) is 2. The minimum Gasteiger partial charge on any atom is -0.308 e. The lowest BCUT2D eigenvalue weighted by atomic mass is 9.94. The van der Waals surface area contributed by atoms with Gasteiger partial charge in [-0.05, 0) is 31.0 Å². The van der Waals surface area contributed by atoms with Crippen LogP contribution in [0, 0.1) is 0 Å². The van der Waals surface area contributed by atoms with Crippen molar-refractivity contribution in [1.82, 2.24) is 10.7 Å². The highest BCUT2D eigenvalue weighted by molar-refractivity contribution is 6.26. The van der Waals surface area contributed by atoms with E-state index in [0.29, 0.717) is 11.1 Å². The van der Waals surface area contributed by atoms with E-state index in [0.717, 1.165) is 42.4 Å². The topological polar surface area (TPSA) is 61.4 Å². The van der Waals surface area contributed by atoms with E-state index >= 15 is 0 Å². The van der Waals surface area contributed by atoms with Gasteiger partial charge in [-0.25, -0.2) is 5.43 Å². The number of carbonyl (C=O) groups is 2. The maximum absolute atomic E-state index is 12.5. The molecule has 2 N–H and O–H groups in total. The van der Waals surface area contributed by atoms with Gasteiger partial charge in [0.05, 0.1) is 5.69 Å². The molecule has 0 saturated heterocycles. The molecule has 2 aromatic carbocycles. The molecule has 5 nitrogen and oxygen atoms in total. The van der Waals surface area contributed by atoms with Crippen LogP contribution in [-0.4, -0.2) is 24.9 Å². The molecule has 1 aliphatic heterocycles. The Balaban J connectivity index is 1.62. The van der Waals surface area contributed by atoms with E-state index in [1.807, 2.05) is 30.3 Å². The van der Waals surface area contributed by atoms with Gasteiger partial charge in [-0.3, -0.25) is 14.9 Å². The molecule has 1 heterocycles. The first-order valence-electron chi connectivity index (χ1n) is 15.1. The molecule has 0 aromatic heterocycles. The number of nitrogens with zero attached hydrogens (tertiary/aromatic N) is 1. The molecule has 0 saturated carbocycles. The third-order valence-corrected chi connectivity index (χ3v) is 7.59. The van der Waals surface area contributed by atoms with Crippen molar-refractivity contribution >= 4 is 28.3 Å². The number of anilines is 1. The van der Waals surface area contributed by atoms with Gasteiger partial charge >= 0.3 is 0 Å². The summed E-state index contributed by atoms with van der Waals surface area (Å²) in [5, 5.41) is 6.50. The van der Waals surface area contributed by atoms with Crippen LogP contribution in [0.1, 0.15) is 137 Å². The van der Waals surface area contributed by atoms with Crippen molar-refractivity contribution in [2.45, 2.75) is 117 Å². The number of benzene rings is 2. The Kier molecular flexibility index (Phi) is 13.0. The van der Waals surface area contributed by atoms with Gasteiger partial charge in [0.25, 0.3) is 11.8 Å². The second kappa shape index (κ2) is 16.4. The largest absolute Gasteiger partial charge is 0.308 e. The molecule has 2 amide bonds. The van der Waals surface area contributed by atoms with E-state index in [-0.39, 0.29) is 11.8 Å². The fourth-order valence-corrected chi connectivity index (χ4v) is 5.40. The molecule has 1 aliphatic rings. The molecule has 0 spiro atoms. The predicted octanol–water partition coefficient (Wildman–Crippen LogP) is 8.32. The lowest BCUT2D eigenvalue weighted by Gasteiger charge is -2.29. The Hall–Kier alpha value is -2.40. The molecule has 0 bridgehead atoms. The Morgan fingerprint density at radius 3 is 1.81 bits per heavy atom. The minimum atomic E-state index is -0.304. The molecular weight excluding hydrogens is 458 g/mol. The molecule has 0 fully saturated rings. The fraction of sp³-hybridized carbons (Fsp3) is 0.625. The van der Waals surface area contributed by atoms with E-state index in [1.54, 1.807) is 0 Å². The Labute approximate surface area is 224 Å². The van der Waals surface area contributed by atoms with Gasteiger partial charge in [0.1, 0.15) is 0 Å². The van der Waals surface area contributed by atoms with Gasteiger partial charge in [-0.2, -0.15) is 0 Å². The van der Waals surface area contributed by atoms with Crippen molar-refractivity contribution in [2.75, 3.05) is 18.1 Å². The number of hydrogen-bond acceptors (Lipinski definition) is 4. The molecule has 0 aliphatic carbocycles. The number of carbonyl (C=O) groups excluding carboxylic acids is 2. The highest BCUT2D eigenvalue weighted by atomic mass is 16.2. The molecule has 0 unspecified atom stereocenters. The SMILES string of the molecule is CCCCCCCCCCNN(CCCCCCCCCC)c1ccc2c3c(cccc13)C(=O)NC2=O. The Morgan fingerprint density at radius 1 is 0.649 bits per heavy atom. The number of imide groups is 1. The maximum Gasteiger partial charge on any atom is 0.258 e. The van der Waals surface area contributed by atoms with E-state index in [1.165, 1.54) is 89.9 Å². The molecule has 2 aromatic rings. The number of hydrogen-bond donors (Lipinski definition) is 2. The van der Waals surface area contributed by atoms with Crippen molar-refractivity contribution in [3.05, 3.63) is 41.5 Å². The van der Waals surface area contributed by atoms with E-state index in [9.17, 15) is 9.59 Å². The second-order valence-electron chi connectivity index (χ2n) is 10.7. The van der Waals surface area contributed by atoms with Crippen molar-refractivity contribution in [3.63, 3.8) is 0 Å². The standard InChI is InChI=1S/C32H49N3O2/c1-3-5-7-9-11-13-15-17-24-33-35(25-18-16-14-12-10-8-6-4-2)29-23-22-28-30-26(29)20-19-21-27(30)31(36)34-32(28)37/h19-23,33H,3-18,24-25H2,1-2H3,(H,34,36,37). The number of amides is 2. The summed E-state index contributed by atoms with van der Waals surface area (Å²) in [6, 6.07) is 9.70. The monoisotopic (exact) mass is 507 g/mol. The minimum absolute atomic E-state index is 0.304. The van der Waals surface area contributed by atoms with Crippen LogP contribution >= 0.6 is 0 Å². The van der Waals surface area contributed by atoms with Crippen LogP contribution in [0.3, 0.4) is 0 Å². The summed E-state index contributed by atoms with van der Waals surface area (Å²) in [6.45, 7) is 6.39. The van der Waals surface area contributed by atoms with Crippen molar-refractivity contribution in [1.29, 1.82) is 0 Å². The molecule has 204 valence electrons. The number of rotatable bonds is 20. The van der Waals surface area contributed by atoms with E-state index in [2.05, 4.69) is 29.6 Å². The summed E-state index contributed by atoms with van der Waals surface area (Å²) < 4.78 is 0. The highest BCUT2D eigenvalue weighted by Crippen LogP contribution is 2.33. The first-order valence-corrected chi connectivity index (χ1v) is 15.1. The lowest BCUT2D eigenvalue weighted by Crippen LogP contribution is -2.40. The predicted molar refractivity (Wildman–Crippen MR) is 156 cm³/mol. The summed E-state index contributed by atoms with van der Waals surface area (Å²) in [4.78, 5) is 25.0. The average molecular weight is 508 g/mol. The lowest BCUT2D eigenvalue weighted by molar-refractivity contribution is 0.0845. The Morgan fingerprint density at radius 2 is 1.19 bits per heavy atom. The number of hydrazine groups is 1. The maximum atomic E-state index is 12.5. The fourth-order valence-electron chi connectivity index (χ4n) is 5.40. The molecule has 3 rings (SSSR count). The van der Waals surface area contributed by atoms with Crippen LogP contribution in [0.5, 0.6) is 0 Å². The van der Waals surface area contributed by atoms with Gasteiger partial charge < -0.3 is 5.01 Å². The van der Waals surface area contributed by atoms with Crippen LogP contribution in [0.2, 0.25) is 0 Å². The van der Waals surface area contributed by atoms with Crippen LogP contribution < -0.4 is 15.8 Å². The third-order valence-electron chi connectivity index (χ3n) is 7.59. The average Bonchev–Trinajstić information content (AvgIpc) is 2.91. The van der Waals surface area contributed by atoms with Crippen LogP contribution in [-0.2, 0) is 0 Å². The van der Waals surface area contributed by atoms with E-state index < -0.39 is 0 Å². The first kappa shape index (κ1) is 29.2. The van der Waals surface area contributed by atoms with Crippen LogP contribution in [0.25, 0.3) is 10.8 Å². The second-order valence-corrected chi connectivity index (χ2v) is 10.7. The number of unbranched alkanes of at least 4 members (excludes halogenated alkanes) is 14. The molecule has 5 heteroatoms. The van der Waals surface area contributed by atoms with Gasteiger partial charge in [0.15, 0.2) is 0 Å². The highest BCUT2D eigenvalue weighted by Gasteiger charge is 2.26. The van der Waals surface area contributed by atoms with Gasteiger partial charge in [0.2, 0.25) is 0 Å². The van der Waals surface area contributed by atoms with Crippen molar-refractivity contribution in [2.24, 2.45) is 0 Å². The third kappa shape index (κ3) is 8.84. The van der Waals surface area contributed by atoms with Crippen molar-refractivity contribution in [3.8, 4) is 0 Å². The molecule has 0 atom stereocenters. The van der Waals surface area contributed by atoms with Gasteiger partial charge in [0, 0.05) is 35.0 Å². The Bertz CT molecular complexity index is 967. The first-order chi connectivity index (χ1) is 18.2. The van der Waals surface area contributed by atoms with E-state index in [4.69, 9.17) is 0 Å². The zero-order valence-corrected chi connectivity index (χ0v) is 23.4. The summed E-state index contributed by atoms with van der Waals surface area (Å²) in [6.07, 6.45) is 20.7. The summed E-state index contributed by atoms with van der Waals surface area (Å²) in [5.74, 6) is -0.608. The zero-order valence-electron chi connectivity index (χ0n) is 23.4. The molecular formula is C32H49N3O2. The quantitative estimate of drug-likeness (QED) is 0.107. The normalized spacial score (nSPS) is 12.8. The van der Waals surface area contributed by atoms with Gasteiger partial charge in [-0.15, -0.1) is 0 Å². The molecule has 0 radical (unpaired) electrons. The molecule has 37 heavy (non-hydrogen) atoms. The van der Waals surface area contributed by atoms with Gasteiger partial charge in [-0.1, -0.05) is 116 Å². The van der Waals surface area contributed by atoms with Crippen LogP contribution in [0.4, 0.5) is 5.69 Å². The van der Waals surface area contributed by atoms with Crippen molar-refractivity contribution < 1.29 is 9.59 Å². The smallest absolute Gasteiger partial charge is 0.258 e. The summed E-state index contributed by atoms with van der Waals surface area (Å²) in [7, 11) is 0. The summed E-state index contributed by atoms with van der Waals surface area (Å²) >= 11 is 0. The summed E-state index contributed by atoms with van der Waals surface area (Å²) in [5.41, 5.74) is 5.94. The van der Waals surface area contributed by atoms with Crippen LogP contribution in [0.15, 0.2) is 30.3 Å². The zero-order chi connectivity index (χ0) is 26.3.